The summed E-state index contributed by atoms with van der Waals surface area (Å²) in [5.41, 5.74) is 6.05. The summed E-state index contributed by atoms with van der Waals surface area (Å²) in [7, 11) is 0. The van der Waals surface area contributed by atoms with E-state index in [1.165, 1.54) is 0 Å². The molecule has 0 aromatic heterocycles. The highest BCUT2D eigenvalue weighted by Crippen LogP contribution is 2.12. The number of hydrogen-bond acceptors (Lipinski definition) is 2. The number of guanidine groups is 1. The Kier molecular flexibility index (Phi) is 14.2. The van der Waals surface area contributed by atoms with E-state index in [1.54, 1.807) is 0 Å². The topological polar surface area (TPSA) is 44.9 Å². The molecule has 1 unspecified atom stereocenters. The summed E-state index contributed by atoms with van der Waals surface area (Å²) in [5.74, 6) is 1.14. The van der Waals surface area contributed by atoms with Gasteiger partial charge in [0.25, 0.3) is 0 Å². The molecule has 0 aliphatic rings. The quantitative estimate of drug-likeness (QED) is 0.262. The summed E-state index contributed by atoms with van der Waals surface area (Å²) in [4.78, 5) is 8.99. The lowest BCUT2D eigenvalue weighted by Crippen LogP contribution is -2.43. The fourth-order valence-corrected chi connectivity index (χ4v) is 2.26. The number of nitrogens with two attached hydrogens (primary N) is 1. The number of rotatable bonds is 10. The zero-order valence-electron chi connectivity index (χ0n) is 14.1. The van der Waals surface area contributed by atoms with Crippen LogP contribution in [0, 0.1) is 5.92 Å². The summed E-state index contributed by atoms with van der Waals surface area (Å²) in [6.45, 7) is 20.4. The Morgan fingerprint density at radius 3 is 1.95 bits per heavy atom. The van der Waals surface area contributed by atoms with Gasteiger partial charge in [-0.2, -0.15) is 0 Å². The molecule has 1 atom stereocenters. The van der Waals surface area contributed by atoms with Gasteiger partial charge in [0.15, 0.2) is 5.96 Å². The molecule has 0 aliphatic heterocycles. The van der Waals surface area contributed by atoms with E-state index in [0.29, 0.717) is 24.5 Å². The second-order valence-corrected chi connectivity index (χ2v) is 5.21. The van der Waals surface area contributed by atoms with E-state index in [-0.39, 0.29) is 24.0 Å². The Labute approximate surface area is 148 Å². The van der Waals surface area contributed by atoms with Crippen LogP contribution in [0.2, 0.25) is 0 Å². The van der Waals surface area contributed by atoms with Gasteiger partial charge < -0.3 is 10.6 Å². The lowest BCUT2D eigenvalue weighted by Gasteiger charge is -2.32. The highest BCUT2D eigenvalue weighted by atomic mass is 127. The Hall–Kier alpha value is -0.560. The van der Waals surface area contributed by atoms with Crippen molar-refractivity contribution < 1.29 is 0 Å². The number of halogens is 1. The first kappa shape index (κ1) is 22.7. The van der Waals surface area contributed by atoms with Gasteiger partial charge in [-0.3, -0.25) is 9.89 Å². The van der Waals surface area contributed by atoms with Gasteiger partial charge >= 0.3 is 0 Å². The fourth-order valence-electron chi connectivity index (χ4n) is 2.26. The largest absolute Gasteiger partial charge is 0.370 e. The molecule has 0 amide bonds. The van der Waals surface area contributed by atoms with Crippen molar-refractivity contribution >= 4 is 29.9 Å². The zero-order chi connectivity index (χ0) is 15.5. The van der Waals surface area contributed by atoms with E-state index in [9.17, 15) is 0 Å². The second kappa shape index (κ2) is 13.1. The first-order chi connectivity index (χ1) is 9.51. The Bertz CT molecular complexity index is 301. The zero-order valence-corrected chi connectivity index (χ0v) is 16.4. The summed E-state index contributed by atoms with van der Waals surface area (Å²) in [6, 6.07) is 0.347. The van der Waals surface area contributed by atoms with Crippen molar-refractivity contribution in [3.8, 4) is 0 Å². The van der Waals surface area contributed by atoms with Crippen molar-refractivity contribution in [2.24, 2.45) is 16.6 Å². The van der Waals surface area contributed by atoms with Gasteiger partial charge in [0.05, 0.1) is 6.54 Å². The van der Waals surface area contributed by atoms with E-state index >= 15 is 0 Å². The van der Waals surface area contributed by atoms with Crippen LogP contribution in [0.3, 0.4) is 0 Å². The van der Waals surface area contributed by atoms with Crippen LogP contribution in [0.5, 0.6) is 0 Å². The maximum absolute atomic E-state index is 6.05. The van der Waals surface area contributed by atoms with Crippen molar-refractivity contribution in [2.45, 2.75) is 33.7 Å². The van der Waals surface area contributed by atoms with E-state index in [4.69, 9.17) is 5.73 Å². The molecule has 0 aliphatic carbocycles. The van der Waals surface area contributed by atoms with Crippen LogP contribution >= 0.6 is 24.0 Å². The predicted molar refractivity (Wildman–Crippen MR) is 105 cm³/mol. The van der Waals surface area contributed by atoms with Gasteiger partial charge in [-0.1, -0.05) is 26.0 Å². The lowest BCUT2D eigenvalue weighted by atomic mass is 10.0. The Morgan fingerprint density at radius 1 is 1.14 bits per heavy atom. The third-order valence-corrected chi connectivity index (χ3v) is 3.49. The molecular weight excluding hydrogens is 375 g/mol. The van der Waals surface area contributed by atoms with Crippen molar-refractivity contribution in [1.82, 2.24) is 9.80 Å². The van der Waals surface area contributed by atoms with E-state index < -0.39 is 0 Å². The maximum atomic E-state index is 6.05. The first-order valence-corrected chi connectivity index (χ1v) is 7.52. The minimum atomic E-state index is 0. The molecule has 0 radical (unpaired) electrons. The predicted octanol–water partition coefficient (Wildman–Crippen LogP) is 2.96. The average Bonchev–Trinajstić information content (AvgIpc) is 2.40. The van der Waals surface area contributed by atoms with Gasteiger partial charge in [-0.25, -0.2) is 0 Å². The van der Waals surface area contributed by atoms with Gasteiger partial charge in [0.1, 0.15) is 0 Å². The maximum Gasteiger partial charge on any atom is 0.191 e. The Balaban J connectivity index is 0. The van der Waals surface area contributed by atoms with E-state index in [0.717, 1.165) is 26.2 Å². The molecule has 0 saturated carbocycles. The van der Waals surface area contributed by atoms with Crippen molar-refractivity contribution in [1.29, 1.82) is 0 Å². The molecule has 0 heterocycles. The summed E-state index contributed by atoms with van der Waals surface area (Å²) >= 11 is 0. The van der Waals surface area contributed by atoms with E-state index in [1.807, 2.05) is 12.2 Å². The highest BCUT2D eigenvalue weighted by Gasteiger charge is 2.20. The Morgan fingerprint density at radius 2 is 1.62 bits per heavy atom. The van der Waals surface area contributed by atoms with Gasteiger partial charge in [0, 0.05) is 32.2 Å². The normalized spacial score (nSPS) is 13.0. The summed E-state index contributed by atoms with van der Waals surface area (Å²) < 4.78 is 0. The van der Waals surface area contributed by atoms with Crippen LogP contribution in [0.1, 0.15) is 27.7 Å². The molecule has 0 rings (SSSR count). The summed E-state index contributed by atoms with van der Waals surface area (Å²) in [5, 5.41) is 0. The minimum Gasteiger partial charge on any atom is -0.370 e. The second-order valence-electron chi connectivity index (χ2n) is 5.21. The van der Waals surface area contributed by atoms with Crippen LogP contribution in [0.25, 0.3) is 0 Å². The number of nitrogens with zero attached hydrogens (tertiary/aromatic N) is 3. The third-order valence-electron chi connectivity index (χ3n) is 3.49. The number of hydrogen-bond donors (Lipinski definition) is 1. The van der Waals surface area contributed by atoms with Gasteiger partial charge in [-0.05, 0) is 19.8 Å². The molecule has 2 N–H and O–H groups in total. The van der Waals surface area contributed by atoms with Crippen LogP contribution in [-0.4, -0.2) is 54.5 Å². The molecule has 21 heavy (non-hydrogen) atoms. The monoisotopic (exact) mass is 408 g/mol. The molecule has 0 saturated heterocycles. The number of aliphatic imine (C=N–C) groups is 1. The standard InChI is InChI=1S/C16H32N4.HI/c1-7-11-20(12-8-2)15(14(5)6)13-18-16(17)19(9-3)10-4;/h7-8,14-15H,1-2,9-13H2,3-6H3,(H2,17,18);1H. The van der Waals surface area contributed by atoms with Gasteiger partial charge in [0.2, 0.25) is 0 Å². The van der Waals surface area contributed by atoms with Crippen molar-refractivity contribution in [2.75, 3.05) is 32.7 Å². The molecule has 0 bridgehead atoms. The molecule has 0 spiro atoms. The van der Waals surface area contributed by atoms with Crippen molar-refractivity contribution in [3.63, 3.8) is 0 Å². The minimum absolute atomic E-state index is 0. The lowest BCUT2D eigenvalue weighted by molar-refractivity contribution is 0.195. The molecule has 5 heteroatoms. The van der Waals surface area contributed by atoms with Crippen LogP contribution in [0.15, 0.2) is 30.3 Å². The third kappa shape index (κ3) is 8.46. The van der Waals surface area contributed by atoms with Crippen LogP contribution in [-0.2, 0) is 0 Å². The molecule has 0 aromatic rings. The molecule has 0 aromatic carbocycles. The van der Waals surface area contributed by atoms with Crippen LogP contribution in [0.4, 0.5) is 0 Å². The fraction of sp³-hybridized carbons (Fsp3) is 0.688. The van der Waals surface area contributed by atoms with Gasteiger partial charge in [-0.15, -0.1) is 37.1 Å². The molecular formula is C16H33IN4. The summed E-state index contributed by atoms with van der Waals surface area (Å²) in [6.07, 6.45) is 3.85. The smallest absolute Gasteiger partial charge is 0.191 e. The molecule has 124 valence electrons. The van der Waals surface area contributed by atoms with E-state index in [2.05, 4.69) is 55.6 Å². The SMILES string of the molecule is C=CCN(CC=C)C(CN=C(N)N(CC)CC)C(C)C.I. The highest BCUT2D eigenvalue weighted by molar-refractivity contribution is 14.0. The van der Waals surface area contributed by atoms with Crippen LogP contribution < -0.4 is 5.73 Å². The molecule has 4 nitrogen and oxygen atoms in total. The van der Waals surface area contributed by atoms with Crippen molar-refractivity contribution in [3.05, 3.63) is 25.3 Å². The average molecular weight is 408 g/mol. The first-order valence-electron chi connectivity index (χ1n) is 7.52. The molecule has 0 fully saturated rings.